The number of aryl methyl sites for hydroxylation is 1. The van der Waals surface area contributed by atoms with Crippen molar-refractivity contribution in [3.63, 3.8) is 0 Å². The largest absolute Gasteiger partial charge is 0.462 e. The molecule has 9 nitrogen and oxygen atoms in total. The summed E-state index contributed by atoms with van der Waals surface area (Å²) in [5.74, 6) is -0.918. The van der Waals surface area contributed by atoms with Gasteiger partial charge in [0, 0.05) is 55.9 Å². The molecule has 2 saturated heterocycles. The molecule has 2 aromatic rings. The first kappa shape index (κ1) is 28.4. The number of carbonyl (C=O) groups is 1. The van der Waals surface area contributed by atoms with Crippen LogP contribution in [0.5, 0.6) is 6.01 Å². The quantitative estimate of drug-likeness (QED) is 0.464. The van der Waals surface area contributed by atoms with E-state index in [1.165, 1.54) is 16.2 Å². The maximum Gasteiger partial charge on any atom is 0.318 e. The fourth-order valence-corrected chi connectivity index (χ4v) is 7.20. The first-order valence-electron chi connectivity index (χ1n) is 15.3. The molecule has 4 aliphatic rings. The van der Waals surface area contributed by atoms with Crippen LogP contribution in [0.3, 0.4) is 0 Å². The topological polar surface area (TPSA) is 88.8 Å². The molecule has 3 unspecified atom stereocenters. The number of hydrogen-bond donors (Lipinski definition) is 0. The Hall–Kier alpha value is -3.71. The van der Waals surface area contributed by atoms with Crippen LogP contribution in [0, 0.1) is 11.3 Å². The second-order valence-electron chi connectivity index (χ2n) is 12.0. The number of fused-ring (bicyclic) bond motifs is 2. The number of halogens is 1. The van der Waals surface area contributed by atoms with Gasteiger partial charge in [0.25, 0.3) is 5.91 Å². The number of likely N-dealkylation sites (tertiary alicyclic amines) is 1. The summed E-state index contributed by atoms with van der Waals surface area (Å²) in [5, 5.41) is 9.49. The van der Waals surface area contributed by atoms with Gasteiger partial charge in [-0.15, -0.1) is 0 Å². The van der Waals surface area contributed by atoms with E-state index in [0.29, 0.717) is 44.3 Å². The van der Waals surface area contributed by atoms with Gasteiger partial charge in [-0.25, -0.2) is 4.39 Å². The van der Waals surface area contributed by atoms with E-state index in [0.717, 1.165) is 75.1 Å². The Balaban J connectivity index is 1.29. The van der Waals surface area contributed by atoms with Gasteiger partial charge >= 0.3 is 6.01 Å². The minimum absolute atomic E-state index is 0.108. The van der Waals surface area contributed by atoms with Gasteiger partial charge in [0.1, 0.15) is 12.4 Å². The lowest BCUT2D eigenvalue weighted by Crippen LogP contribution is -2.55. The van der Waals surface area contributed by atoms with Crippen molar-refractivity contribution < 1.29 is 13.9 Å². The number of aromatic nitrogens is 2. The molecule has 0 radical (unpaired) electrons. The normalized spacial score (nSPS) is 24.1. The number of rotatable bonds is 7. The average Bonchev–Trinajstić information content (AvgIpc) is 3.43. The number of amides is 1. The molecule has 42 heavy (non-hydrogen) atoms. The standard InChI is InChI=1S/C32H40FN7O2/c1-22(33)31(41)40-18-17-38(20-25(40)13-14-34)30-27-12-11-24(39-16-5-8-23-7-3-4-10-29(23)39)19-28(27)35-32(36-30)42-21-26-9-6-15-37(26)2/h3-4,7,10,24-26H,1,5-6,8-9,11-13,15-21H2,2H3. The lowest BCUT2D eigenvalue weighted by Gasteiger charge is -2.43. The van der Waals surface area contributed by atoms with Crippen LogP contribution in [0.1, 0.15) is 48.9 Å². The van der Waals surface area contributed by atoms with Gasteiger partial charge in [0.2, 0.25) is 0 Å². The predicted octanol–water partition coefficient (Wildman–Crippen LogP) is 3.67. The van der Waals surface area contributed by atoms with Crippen LogP contribution in [-0.4, -0.2) is 90.2 Å². The minimum atomic E-state index is -0.997. The minimum Gasteiger partial charge on any atom is -0.462 e. The van der Waals surface area contributed by atoms with Gasteiger partial charge in [-0.3, -0.25) is 4.79 Å². The highest BCUT2D eigenvalue weighted by molar-refractivity contribution is 5.91. The van der Waals surface area contributed by atoms with Crippen LogP contribution < -0.4 is 14.5 Å². The van der Waals surface area contributed by atoms with E-state index >= 15 is 0 Å². The monoisotopic (exact) mass is 573 g/mol. The zero-order chi connectivity index (χ0) is 29.2. The van der Waals surface area contributed by atoms with E-state index in [9.17, 15) is 14.4 Å². The van der Waals surface area contributed by atoms with E-state index in [4.69, 9.17) is 14.7 Å². The first-order valence-corrected chi connectivity index (χ1v) is 15.3. The molecular formula is C32H40FN7O2. The zero-order valence-electron chi connectivity index (χ0n) is 24.5. The summed E-state index contributed by atoms with van der Waals surface area (Å²) in [6.07, 6.45) is 7.26. The highest BCUT2D eigenvalue weighted by Crippen LogP contribution is 2.37. The number of nitrogens with zero attached hydrogens (tertiary/aromatic N) is 7. The van der Waals surface area contributed by atoms with E-state index in [1.807, 2.05) is 0 Å². The van der Waals surface area contributed by atoms with E-state index in [-0.39, 0.29) is 6.42 Å². The second-order valence-corrected chi connectivity index (χ2v) is 12.0. The molecule has 222 valence electrons. The summed E-state index contributed by atoms with van der Waals surface area (Å²) in [6.45, 7) is 7.01. The van der Waals surface area contributed by atoms with E-state index < -0.39 is 17.8 Å². The fraction of sp³-hybridized carbons (Fsp3) is 0.562. The van der Waals surface area contributed by atoms with Crippen LogP contribution in [0.2, 0.25) is 0 Å². The number of anilines is 2. The van der Waals surface area contributed by atoms with Crippen LogP contribution in [0.25, 0.3) is 0 Å². The molecule has 0 spiro atoms. The maximum absolute atomic E-state index is 13.8. The van der Waals surface area contributed by atoms with Crippen molar-refractivity contribution in [2.45, 2.75) is 69.5 Å². The number of ether oxygens (including phenoxy) is 1. The Kier molecular flexibility index (Phi) is 8.29. The summed E-state index contributed by atoms with van der Waals surface area (Å²) < 4.78 is 20.1. The van der Waals surface area contributed by atoms with Crippen molar-refractivity contribution in [1.82, 2.24) is 19.8 Å². The number of carbonyl (C=O) groups excluding carboxylic acids is 1. The summed E-state index contributed by atoms with van der Waals surface area (Å²) in [4.78, 5) is 30.9. The Morgan fingerprint density at radius 1 is 1.12 bits per heavy atom. The molecule has 10 heteroatoms. The van der Waals surface area contributed by atoms with Gasteiger partial charge in [-0.1, -0.05) is 24.8 Å². The fourth-order valence-electron chi connectivity index (χ4n) is 7.20. The maximum atomic E-state index is 13.8. The summed E-state index contributed by atoms with van der Waals surface area (Å²) >= 11 is 0. The van der Waals surface area contributed by atoms with Gasteiger partial charge in [0.05, 0.1) is 24.2 Å². The van der Waals surface area contributed by atoms with Gasteiger partial charge in [-0.2, -0.15) is 15.2 Å². The molecule has 2 fully saturated rings. The lowest BCUT2D eigenvalue weighted by atomic mass is 9.88. The Morgan fingerprint density at radius 3 is 2.76 bits per heavy atom. The van der Waals surface area contributed by atoms with Crippen molar-refractivity contribution in [2.24, 2.45) is 0 Å². The SMILES string of the molecule is C=C(F)C(=O)N1CCN(c2nc(OCC3CCCN3C)nc3c2CCC(N2CCCc4ccccc42)C3)CC1CC#N. The average molecular weight is 574 g/mol. The van der Waals surface area contributed by atoms with Crippen molar-refractivity contribution in [2.75, 3.05) is 56.2 Å². The number of piperazine rings is 1. The number of hydrogen-bond acceptors (Lipinski definition) is 8. The molecule has 4 heterocycles. The third kappa shape index (κ3) is 5.67. The van der Waals surface area contributed by atoms with Crippen molar-refractivity contribution >= 4 is 17.4 Å². The lowest BCUT2D eigenvalue weighted by molar-refractivity contribution is -0.131. The number of benzene rings is 1. The number of likely N-dealkylation sites (N-methyl/N-ethyl adjacent to an activating group) is 1. The molecule has 1 aliphatic carbocycles. The summed E-state index contributed by atoms with van der Waals surface area (Å²) in [5.41, 5.74) is 4.88. The highest BCUT2D eigenvalue weighted by atomic mass is 19.1. The molecule has 3 atom stereocenters. The Labute approximate surface area is 247 Å². The molecular weight excluding hydrogens is 533 g/mol. The van der Waals surface area contributed by atoms with E-state index in [2.05, 4.69) is 58.7 Å². The van der Waals surface area contributed by atoms with Gasteiger partial charge < -0.3 is 24.3 Å². The third-order valence-corrected chi connectivity index (χ3v) is 9.47. The summed E-state index contributed by atoms with van der Waals surface area (Å²) in [7, 11) is 2.13. The molecule has 0 bridgehead atoms. The molecule has 1 aromatic heterocycles. The molecule has 1 amide bonds. The molecule has 3 aliphatic heterocycles. The van der Waals surface area contributed by atoms with Gasteiger partial charge in [-0.05, 0) is 63.7 Å². The Bertz CT molecular complexity index is 1380. The van der Waals surface area contributed by atoms with Crippen LogP contribution in [-0.2, 0) is 24.1 Å². The van der Waals surface area contributed by atoms with Crippen molar-refractivity contribution in [3.8, 4) is 12.1 Å². The van der Waals surface area contributed by atoms with Crippen molar-refractivity contribution in [3.05, 3.63) is 53.5 Å². The molecule has 6 rings (SSSR count). The molecule has 0 N–H and O–H groups in total. The van der Waals surface area contributed by atoms with Gasteiger partial charge in [0.15, 0.2) is 5.83 Å². The van der Waals surface area contributed by atoms with Crippen LogP contribution in [0.4, 0.5) is 15.9 Å². The summed E-state index contributed by atoms with van der Waals surface area (Å²) in [6, 6.07) is 11.5. The third-order valence-electron chi connectivity index (χ3n) is 9.47. The number of nitriles is 1. The van der Waals surface area contributed by atoms with Crippen LogP contribution >= 0.6 is 0 Å². The van der Waals surface area contributed by atoms with Crippen LogP contribution in [0.15, 0.2) is 36.7 Å². The molecule has 1 aromatic carbocycles. The van der Waals surface area contributed by atoms with E-state index in [1.54, 1.807) is 0 Å². The number of para-hydroxylation sites is 1. The zero-order valence-corrected chi connectivity index (χ0v) is 24.5. The first-order chi connectivity index (χ1) is 20.4. The smallest absolute Gasteiger partial charge is 0.318 e. The second kappa shape index (κ2) is 12.3. The molecule has 0 saturated carbocycles. The van der Waals surface area contributed by atoms with Crippen molar-refractivity contribution in [1.29, 1.82) is 5.26 Å². The Morgan fingerprint density at radius 2 is 1.98 bits per heavy atom. The predicted molar refractivity (Wildman–Crippen MR) is 159 cm³/mol. The highest BCUT2D eigenvalue weighted by Gasteiger charge is 2.36.